The maximum absolute atomic E-state index is 4.75. The molecule has 2 heterocycles. The molecular formula is C15H22N4S2. The van der Waals surface area contributed by atoms with Crippen molar-refractivity contribution in [2.24, 2.45) is 0 Å². The van der Waals surface area contributed by atoms with Crippen molar-refractivity contribution in [1.29, 1.82) is 0 Å². The van der Waals surface area contributed by atoms with Crippen molar-refractivity contribution in [1.82, 2.24) is 18.7 Å². The quantitative estimate of drug-likeness (QED) is 0.851. The summed E-state index contributed by atoms with van der Waals surface area (Å²) in [5.41, 5.74) is 0.0168. The van der Waals surface area contributed by atoms with Crippen LogP contribution in [0.2, 0.25) is 0 Å². The van der Waals surface area contributed by atoms with Gasteiger partial charge in [-0.2, -0.15) is 8.75 Å². The summed E-state index contributed by atoms with van der Waals surface area (Å²) in [7, 11) is 0. The minimum absolute atomic E-state index is 0.0545. The van der Waals surface area contributed by atoms with Crippen LogP contribution in [0.4, 0.5) is 0 Å². The second-order valence-corrected chi connectivity index (χ2v) is 9.06. The van der Waals surface area contributed by atoms with Crippen molar-refractivity contribution in [3.63, 3.8) is 0 Å². The minimum Gasteiger partial charge on any atom is -0.224 e. The fourth-order valence-corrected chi connectivity index (χ4v) is 3.66. The molecule has 0 unspecified atom stereocenters. The van der Waals surface area contributed by atoms with Gasteiger partial charge in [-0.15, -0.1) is 0 Å². The first-order chi connectivity index (χ1) is 9.75. The lowest BCUT2D eigenvalue weighted by atomic mass is 9.89. The third-order valence-corrected chi connectivity index (χ3v) is 5.95. The smallest absolute Gasteiger partial charge is 0.145 e. The van der Waals surface area contributed by atoms with Gasteiger partial charge in [-0.3, -0.25) is 0 Å². The lowest BCUT2D eigenvalue weighted by molar-refractivity contribution is 0.501. The van der Waals surface area contributed by atoms with Crippen LogP contribution in [0, 0.1) is 0 Å². The summed E-state index contributed by atoms with van der Waals surface area (Å²) in [6.07, 6.45) is 3.32. The molecule has 0 aliphatic heterocycles. The van der Waals surface area contributed by atoms with Crippen LogP contribution in [0.15, 0.2) is 0 Å². The van der Waals surface area contributed by atoms with Gasteiger partial charge in [0.1, 0.15) is 21.7 Å². The van der Waals surface area contributed by atoms with Crippen LogP contribution < -0.4 is 0 Å². The van der Waals surface area contributed by atoms with Crippen LogP contribution in [-0.4, -0.2) is 18.7 Å². The van der Waals surface area contributed by atoms with Crippen molar-refractivity contribution < 1.29 is 0 Å². The molecule has 114 valence electrons. The van der Waals surface area contributed by atoms with E-state index in [0.717, 1.165) is 28.1 Å². The predicted molar refractivity (Wildman–Crippen MR) is 87.2 cm³/mol. The Hall–Kier alpha value is -0.880. The number of hydrogen-bond donors (Lipinski definition) is 0. The average molecular weight is 323 g/mol. The number of nitrogens with zero attached hydrogens (tertiary/aromatic N) is 4. The Bertz CT molecular complexity index is 632. The molecule has 3 rings (SSSR count). The Morgan fingerprint density at radius 2 is 1.62 bits per heavy atom. The Balaban J connectivity index is 1.76. The molecule has 1 fully saturated rings. The highest BCUT2D eigenvalue weighted by molar-refractivity contribution is 7.05. The van der Waals surface area contributed by atoms with E-state index >= 15 is 0 Å². The van der Waals surface area contributed by atoms with Gasteiger partial charge in [0.15, 0.2) is 0 Å². The van der Waals surface area contributed by atoms with Crippen LogP contribution >= 0.6 is 23.1 Å². The zero-order valence-corrected chi connectivity index (χ0v) is 14.9. The lowest BCUT2D eigenvalue weighted by Gasteiger charge is -2.19. The molecule has 0 N–H and O–H groups in total. The Labute approximate surface area is 134 Å². The lowest BCUT2D eigenvalue weighted by Crippen LogP contribution is -2.21. The molecule has 21 heavy (non-hydrogen) atoms. The summed E-state index contributed by atoms with van der Waals surface area (Å²) in [6.45, 7) is 10.9. The van der Waals surface area contributed by atoms with Gasteiger partial charge in [-0.25, -0.2) is 9.97 Å². The highest BCUT2D eigenvalue weighted by Gasteiger charge is 2.32. The normalized spacial score (nSPS) is 16.4. The molecule has 4 nitrogen and oxygen atoms in total. The van der Waals surface area contributed by atoms with Crippen molar-refractivity contribution in [2.75, 3.05) is 0 Å². The molecule has 0 spiro atoms. The summed E-state index contributed by atoms with van der Waals surface area (Å²) in [4.78, 5) is 9.46. The first kappa shape index (κ1) is 15.0. The van der Waals surface area contributed by atoms with E-state index in [4.69, 9.17) is 9.97 Å². The molecule has 2 aromatic heterocycles. The largest absolute Gasteiger partial charge is 0.224 e. The zero-order chi connectivity index (χ0) is 15.3. The Morgan fingerprint density at radius 3 is 2.19 bits per heavy atom. The van der Waals surface area contributed by atoms with Crippen molar-refractivity contribution in [2.45, 2.75) is 70.6 Å². The molecule has 0 aromatic carbocycles. The monoisotopic (exact) mass is 322 g/mol. The van der Waals surface area contributed by atoms with Crippen molar-refractivity contribution >= 4 is 23.1 Å². The van der Waals surface area contributed by atoms with Crippen molar-refractivity contribution in [3.05, 3.63) is 21.7 Å². The maximum Gasteiger partial charge on any atom is 0.145 e. The molecule has 6 heteroatoms. The van der Waals surface area contributed by atoms with Crippen LogP contribution in [0.5, 0.6) is 0 Å². The second-order valence-electron chi connectivity index (χ2n) is 7.56. The molecule has 0 atom stereocenters. The molecule has 2 aromatic rings. The zero-order valence-electron chi connectivity index (χ0n) is 13.3. The van der Waals surface area contributed by atoms with Gasteiger partial charge in [0.05, 0.1) is 0 Å². The summed E-state index contributed by atoms with van der Waals surface area (Å²) >= 11 is 3.06. The number of hydrogen-bond acceptors (Lipinski definition) is 6. The highest BCUT2D eigenvalue weighted by Crippen LogP contribution is 2.40. The standard InChI is InChI=1S/C15H22N4S2/c1-14(2,3)12-16-10(18-20-12)8-15(4,5)13-17-11(19-21-13)9-6-7-9/h9H,6-8H2,1-5H3. The third-order valence-electron chi connectivity index (χ3n) is 3.67. The van der Waals surface area contributed by atoms with E-state index in [1.54, 1.807) is 11.5 Å². The SMILES string of the molecule is CC(C)(C)c1nc(CC(C)(C)c2nc(C3CC3)ns2)ns1. The van der Waals surface area contributed by atoms with E-state index in [2.05, 4.69) is 43.4 Å². The molecule has 1 aliphatic rings. The van der Waals surface area contributed by atoms with Crippen LogP contribution in [0.1, 0.15) is 75.0 Å². The molecule has 0 bridgehead atoms. The van der Waals surface area contributed by atoms with Gasteiger partial charge < -0.3 is 0 Å². The highest BCUT2D eigenvalue weighted by atomic mass is 32.1. The van der Waals surface area contributed by atoms with E-state index in [-0.39, 0.29) is 10.8 Å². The molecule has 0 amide bonds. The molecular weight excluding hydrogens is 300 g/mol. The van der Waals surface area contributed by atoms with Gasteiger partial charge in [-0.05, 0) is 35.9 Å². The van der Waals surface area contributed by atoms with E-state index in [9.17, 15) is 0 Å². The van der Waals surface area contributed by atoms with Gasteiger partial charge in [0.25, 0.3) is 0 Å². The van der Waals surface area contributed by atoms with Crippen LogP contribution in [-0.2, 0) is 17.3 Å². The minimum atomic E-state index is -0.0545. The van der Waals surface area contributed by atoms with Gasteiger partial charge >= 0.3 is 0 Å². The second kappa shape index (κ2) is 5.09. The first-order valence-corrected chi connectivity index (χ1v) is 8.97. The average Bonchev–Trinajstić information content (AvgIpc) is 2.90. The third kappa shape index (κ3) is 3.31. The summed E-state index contributed by atoms with van der Waals surface area (Å²) < 4.78 is 9.06. The molecule has 1 saturated carbocycles. The van der Waals surface area contributed by atoms with E-state index in [1.807, 2.05) is 0 Å². The van der Waals surface area contributed by atoms with Gasteiger partial charge in [0, 0.05) is 23.2 Å². The molecule has 1 aliphatic carbocycles. The maximum atomic E-state index is 4.75. The number of aromatic nitrogens is 4. The summed E-state index contributed by atoms with van der Waals surface area (Å²) in [5.74, 6) is 2.60. The summed E-state index contributed by atoms with van der Waals surface area (Å²) in [6, 6.07) is 0. The Kier molecular flexibility index (Phi) is 3.64. The van der Waals surface area contributed by atoms with E-state index in [1.165, 1.54) is 24.4 Å². The molecule has 0 saturated heterocycles. The predicted octanol–water partition coefficient (Wildman–Crippen LogP) is 4.08. The van der Waals surface area contributed by atoms with E-state index < -0.39 is 0 Å². The topological polar surface area (TPSA) is 51.6 Å². The Morgan fingerprint density at radius 1 is 0.952 bits per heavy atom. The fraction of sp³-hybridized carbons (Fsp3) is 0.733. The fourth-order valence-electron chi connectivity index (χ4n) is 2.12. The van der Waals surface area contributed by atoms with Gasteiger partial charge in [-0.1, -0.05) is 34.6 Å². The van der Waals surface area contributed by atoms with Gasteiger partial charge in [0.2, 0.25) is 0 Å². The summed E-state index contributed by atoms with van der Waals surface area (Å²) in [5, 5.41) is 2.21. The van der Waals surface area contributed by atoms with Crippen LogP contribution in [0.25, 0.3) is 0 Å². The van der Waals surface area contributed by atoms with Crippen molar-refractivity contribution in [3.8, 4) is 0 Å². The van der Waals surface area contributed by atoms with E-state index in [0.29, 0.717) is 5.92 Å². The van der Waals surface area contributed by atoms with Crippen LogP contribution in [0.3, 0.4) is 0 Å². The first-order valence-electron chi connectivity index (χ1n) is 7.43. The molecule has 0 radical (unpaired) electrons. The number of rotatable bonds is 4.